The van der Waals surface area contributed by atoms with Gasteiger partial charge in [0.05, 0.1) is 0 Å². The molecule has 0 bridgehead atoms. The lowest BCUT2D eigenvalue weighted by Gasteiger charge is -2.36. The van der Waals surface area contributed by atoms with Gasteiger partial charge in [0.15, 0.2) is 0 Å². The lowest BCUT2D eigenvalue weighted by atomic mass is 10.0. The highest BCUT2D eigenvalue weighted by atomic mass is 19.1. The molecule has 1 fully saturated rings. The molecule has 2 rings (SSSR count). The molecule has 1 N–H and O–H groups in total. The predicted molar refractivity (Wildman–Crippen MR) is 74.7 cm³/mol. The van der Waals surface area contributed by atoms with Crippen molar-refractivity contribution in [3.05, 3.63) is 29.6 Å². The van der Waals surface area contributed by atoms with Crippen LogP contribution in [-0.2, 0) is 6.54 Å². The first-order valence-corrected chi connectivity index (χ1v) is 6.99. The second-order valence-corrected chi connectivity index (χ2v) is 5.40. The van der Waals surface area contributed by atoms with Crippen molar-refractivity contribution in [1.29, 1.82) is 0 Å². The Morgan fingerprint density at radius 1 is 1.32 bits per heavy atom. The minimum Gasteiger partial charge on any atom is -0.508 e. The first-order chi connectivity index (χ1) is 9.08. The molecule has 1 aromatic rings. The van der Waals surface area contributed by atoms with Gasteiger partial charge in [-0.25, -0.2) is 4.39 Å². The zero-order valence-electron chi connectivity index (χ0n) is 11.8. The Labute approximate surface area is 114 Å². The summed E-state index contributed by atoms with van der Waals surface area (Å²) in [6.45, 7) is 6.27. The van der Waals surface area contributed by atoms with Gasteiger partial charge in [-0.2, -0.15) is 0 Å². The minimum atomic E-state index is -0.371. The monoisotopic (exact) mass is 266 g/mol. The molecule has 1 heterocycles. The molecule has 4 heteroatoms. The Morgan fingerprint density at radius 3 is 2.58 bits per heavy atom. The smallest absolute Gasteiger partial charge is 0.127 e. The standard InChI is InChI=1S/C15H23FN2O/c1-3-18-6-4-14(5-7-18)17(2)11-12-8-13(16)10-15(19)9-12/h8-10,14,19H,3-7,11H2,1-2H3. The third-order valence-electron chi connectivity index (χ3n) is 4.00. The highest BCUT2D eigenvalue weighted by Gasteiger charge is 2.21. The summed E-state index contributed by atoms with van der Waals surface area (Å²) in [5.74, 6) is -0.367. The van der Waals surface area contributed by atoms with Gasteiger partial charge in [0.25, 0.3) is 0 Å². The number of hydrogen-bond donors (Lipinski definition) is 1. The molecule has 19 heavy (non-hydrogen) atoms. The lowest BCUT2D eigenvalue weighted by Crippen LogP contribution is -2.42. The number of rotatable bonds is 4. The summed E-state index contributed by atoms with van der Waals surface area (Å²) in [6, 6.07) is 4.83. The van der Waals surface area contributed by atoms with Crippen LogP contribution in [0.5, 0.6) is 5.75 Å². The van der Waals surface area contributed by atoms with E-state index in [0.29, 0.717) is 12.6 Å². The van der Waals surface area contributed by atoms with E-state index < -0.39 is 0 Å². The molecule has 0 unspecified atom stereocenters. The van der Waals surface area contributed by atoms with Crippen LogP contribution >= 0.6 is 0 Å². The van der Waals surface area contributed by atoms with Crippen molar-refractivity contribution in [2.45, 2.75) is 32.4 Å². The van der Waals surface area contributed by atoms with E-state index in [4.69, 9.17) is 0 Å². The number of phenols is 1. The Hall–Kier alpha value is -1.13. The van der Waals surface area contributed by atoms with Gasteiger partial charge < -0.3 is 10.0 Å². The molecular weight excluding hydrogens is 243 g/mol. The maximum atomic E-state index is 13.2. The molecule has 0 spiro atoms. The molecule has 1 aromatic carbocycles. The quantitative estimate of drug-likeness (QED) is 0.907. The molecular formula is C15H23FN2O. The van der Waals surface area contributed by atoms with Crippen LogP contribution in [-0.4, -0.2) is 47.6 Å². The van der Waals surface area contributed by atoms with E-state index in [-0.39, 0.29) is 11.6 Å². The normalized spacial score (nSPS) is 18.1. The van der Waals surface area contributed by atoms with Crippen molar-refractivity contribution >= 4 is 0 Å². The summed E-state index contributed by atoms with van der Waals surface area (Å²) in [6.07, 6.45) is 2.32. The van der Waals surface area contributed by atoms with Crippen molar-refractivity contribution in [2.24, 2.45) is 0 Å². The number of likely N-dealkylation sites (tertiary alicyclic amines) is 1. The van der Waals surface area contributed by atoms with Gasteiger partial charge in [-0.05, 0) is 57.2 Å². The maximum Gasteiger partial charge on any atom is 0.127 e. The van der Waals surface area contributed by atoms with Crippen LogP contribution < -0.4 is 0 Å². The van der Waals surface area contributed by atoms with E-state index in [1.165, 1.54) is 6.07 Å². The van der Waals surface area contributed by atoms with Crippen LogP contribution in [0.3, 0.4) is 0 Å². The minimum absolute atomic E-state index is 0.00389. The van der Waals surface area contributed by atoms with E-state index in [9.17, 15) is 9.50 Å². The van der Waals surface area contributed by atoms with Gasteiger partial charge in [-0.15, -0.1) is 0 Å². The van der Waals surface area contributed by atoms with E-state index in [1.54, 1.807) is 6.07 Å². The fourth-order valence-electron chi connectivity index (χ4n) is 2.82. The molecule has 0 aliphatic carbocycles. The lowest BCUT2D eigenvalue weighted by molar-refractivity contribution is 0.127. The summed E-state index contributed by atoms with van der Waals surface area (Å²) in [5, 5.41) is 9.42. The summed E-state index contributed by atoms with van der Waals surface area (Å²) >= 11 is 0. The number of piperidine rings is 1. The van der Waals surface area contributed by atoms with Gasteiger partial charge in [0.2, 0.25) is 0 Å². The van der Waals surface area contributed by atoms with Crippen molar-refractivity contribution in [1.82, 2.24) is 9.80 Å². The predicted octanol–water partition coefficient (Wildman–Crippen LogP) is 2.45. The van der Waals surface area contributed by atoms with Gasteiger partial charge in [-0.1, -0.05) is 6.92 Å². The first-order valence-electron chi connectivity index (χ1n) is 6.99. The second-order valence-electron chi connectivity index (χ2n) is 5.40. The molecule has 0 atom stereocenters. The van der Waals surface area contributed by atoms with E-state index in [2.05, 4.69) is 23.8 Å². The average molecular weight is 266 g/mol. The van der Waals surface area contributed by atoms with Crippen LogP contribution in [0.4, 0.5) is 4.39 Å². The highest BCUT2D eigenvalue weighted by Crippen LogP contribution is 2.20. The molecule has 1 aliphatic heterocycles. The van der Waals surface area contributed by atoms with E-state index >= 15 is 0 Å². The fraction of sp³-hybridized carbons (Fsp3) is 0.600. The van der Waals surface area contributed by atoms with Gasteiger partial charge in [-0.3, -0.25) is 4.90 Å². The Bertz CT molecular complexity index is 396. The molecule has 0 saturated carbocycles. The fourth-order valence-corrected chi connectivity index (χ4v) is 2.82. The van der Waals surface area contributed by atoms with Crippen LogP contribution in [0.15, 0.2) is 18.2 Å². The third-order valence-corrected chi connectivity index (χ3v) is 4.00. The zero-order valence-corrected chi connectivity index (χ0v) is 11.8. The third kappa shape index (κ3) is 3.91. The van der Waals surface area contributed by atoms with Crippen molar-refractivity contribution in [2.75, 3.05) is 26.7 Å². The Balaban J connectivity index is 1.92. The van der Waals surface area contributed by atoms with Crippen molar-refractivity contribution in [3.63, 3.8) is 0 Å². The molecule has 106 valence electrons. The van der Waals surface area contributed by atoms with E-state index in [0.717, 1.165) is 44.1 Å². The zero-order chi connectivity index (χ0) is 13.8. The number of aromatic hydroxyl groups is 1. The van der Waals surface area contributed by atoms with Crippen LogP contribution in [0.1, 0.15) is 25.3 Å². The van der Waals surface area contributed by atoms with Gasteiger partial charge >= 0.3 is 0 Å². The summed E-state index contributed by atoms with van der Waals surface area (Å²) < 4.78 is 13.2. The number of nitrogens with zero attached hydrogens (tertiary/aromatic N) is 2. The second kappa shape index (κ2) is 6.35. The van der Waals surface area contributed by atoms with Crippen LogP contribution in [0, 0.1) is 5.82 Å². The molecule has 1 aliphatic rings. The molecule has 0 aromatic heterocycles. The molecule has 0 amide bonds. The Kier molecular flexibility index (Phi) is 4.77. The number of halogens is 1. The molecule has 0 radical (unpaired) electrons. The van der Waals surface area contributed by atoms with Gasteiger partial charge in [0.1, 0.15) is 11.6 Å². The maximum absolute atomic E-state index is 13.2. The van der Waals surface area contributed by atoms with Crippen molar-refractivity contribution in [3.8, 4) is 5.75 Å². The highest BCUT2D eigenvalue weighted by molar-refractivity contribution is 5.28. The Morgan fingerprint density at radius 2 is 2.00 bits per heavy atom. The van der Waals surface area contributed by atoms with Crippen LogP contribution in [0.2, 0.25) is 0 Å². The topological polar surface area (TPSA) is 26.7 Å². The van der Waals surface area contributed by atoms with E-state index in [1.807, 2.05) is 0 Å². The number of benzene rings is 1. The number of phenolic OH excluding ortho intramolecular Hbond substituents is 1. The molecule has 1 saturated heterocycles. The summed E-state index contributed by atoms with van der Waals surface area (Å²) in [4.78, 5) is 4.72. The van der Waals surface area contributed by atoms with Gasteiger partial charge in [0, 0.05) is 18.7 Å². The SMILES string of the molecule is CCN1CCC(N(C)Cc2cc(O)cc(F)c2)CC1. The number of hydrogen-bond acceptors (Lipinski definition) is 3. The summed E-state index contributed by atoms with van der Waals surface area (Å²) in [5.41, 5.74) is 0.831. The first kappa shape index (κ1) is 14.3. The largest absolute Gasteiger partial charge is 0.508 e. The molecule has 3 nitrogen and oxygen atoms in total. The summed E-state index contributed by atoms with van der Waals surface area (Å²) in [7, 11) is 2.08. The van der Waals surface area contributed by atoms with Crippen molar-refractivity contribution < 1.29 is 9.50 Å². The van der Waals surface area contributed by atoms with Crippen LogP contribution in [0.25, 0.3) is 0 Å². The average Bonchev–Trinajstić information content (AvgIpc) is 2.37.